The molecule has 1 saturated heterocycles. The van der Waals surface area contributed by atoms with Crippen LogP contribution in [0.5, 0.6) is 0 Å². The Morgan fingerprint density at radius 2 is 2.03 bits per heavy atom. The van der Waals surface area contributed by atoms with Crippen molar-refractivity contribution in [2.45, 2.75) is 30.8 Å². The second kappa shape index (κ2) is 7.62. The molecule has 2 aromatic heterocycles. The minimum Gasteiger partial charge on any atom is -0.347 e. The Kier molecular flexibility index (Phi) is 4.91. The highest BCUT2D eigenvalue weighted by Gasteiger charge is 2.38. The summed E-state index contributed by atoms with van der Waals surface area (Å²) in [5.41, 5.74) is 3.25. The smallest absolute Gasteiger partial charge is 0.243 e. The zero-order chi connectivity index (χ0) is 21.6. The predicted molar refractivity (Wildman–Crippen MR) is 117 cm³/mol. The van der Waals surface area contributed by atoms with E-state index in [4.69, 9.17) is 0 Å². The number of sulfonamides is 1. The molecule has 5 rings (SSSR count). The van der Waals surface area contributed by atoms with E-state index >= 15 is 0 Å². The standard InChI is InChI=1S/C23H23FN4O2S/c1-16-9-17(15-28(16)31(29,30)22-4-2-3-21(24)11-22)14-27-8-7-19-10-18(5-6-23(19)27)20-12-25-26-13-20/h2-8,10-13,16-17H,9,14-15H2,1H3,(H,25,26)/t16-,17-/m0/s1. The van der Waals surface area contributed by atoms with Gasteiger partial charge in [0.05, 0.1) is 11.1 Å². The van der Waals surface area contributed by atoms with Crippen molar-refractivity contribution in [2.24, 2.45) is 5.92 Å². The third kappa shape index (κ3) is 3.66. The third-order valence-electron chi connectivity index (χ3n) is 6.06. The summed E-state index contributed by atoms with van der Waals surface area (Å²) in [4.78, 5) is 0.0122. The maximum atomic E-state index is 13.6. The molecule has 160 valence electrons. The van der Waals surface area contributed by atoms with Crippen LogP contribution in [0.15, 0.2) is 72.0 Å². The van der Waals surface area contributed by atoms with Crippen molar-refractivity contribution >= 4 is 20.9 Å². The fraction of sp³-hybridized carbons (Fsp3) is 0.261. The number of hydrogen-bond donors (Lipinski definition) is 1. The monoisotopic (exact) mass is 438 g/mol. The van der Waals surface area contributed by atoms with E-state index in [-0.39, 0.29) is 16.9 Å². The van der Waals surface area contributed by atoms with E-state index in [1.807, 2.05) is 13.1 Å². The Balaban J connectivity index is 1.36. The van der Waals surface area contributed by atoms with Gasteiger partial charge in [0.1, 0.15) is 5.82 Å². The van der Waals surface area contributed by atoms with Crippen molar-refractivity contribution in [3.63, 3.8) is 0 Å². The van der Waals surface area contributed by atoms with Crippen LogP contribution in [0.2, 0.25) is 0 Å². The van der Waals surface area contributed by atoms with Crippen LogP contribution < -0.4 is 0 Å². The minimum atomic E-state index is -3.72. The Morgan fingerprint density at radius 3 is 2.81 bits per heavy atom. The van der Waals surface area contributed by atoms with E-state index < -0.39 is 15.8 Å². The van der Waals surface area contributed by atoms with Gasteiger partial charge in [0.25, 0.3) is 0 Å². The predicted octanol–water partition coefficient (Wildman–Crippen LogP) is 4.27. The van der Waals surface area contributed by atoms with Crippen LogP contribution in [-0.2, 0) is 16.6 Å². The molecule has 0 bridgehead atoms. The molecule has 31 heavy (non-hydrogen) atoms. The average Bonchev–Trinajstić information content (AvgIpc) is 3.49. The number of aromatic amines is 1. The van der Waals surface area contributed by atoms with Crippen molar-refractivity contribution in [1.82, 2.24) is 19.1 Å². The Hall–Kier alpha value is -2.97. The lowest BCUT2D eigenvalue weighted by molar-refractivity contribution is 0.399. The fourth-order valence-corrected chi connectivity index (χ4v) is 6.31. The van der Waals surface area contributed by atoms with Crippen molar-refractivity contribution < 1.29 is 12.8 Å². The van der Waals surface area contributed by atoms with Crippen LogP contribution in [0.25, 0.3) is 22.0 Å². The molecular formula is C23H23FN4O2S. The molecule has 1 aliphatic heterocycles. The van der Waals surface area contributed by atoms with Crippen molar-refractivity contribution in [2.75, 3.05) is 6.54 Å². The number of nitrogens with one attached hydrogen (secondary N) is 1. The summed E-state index contributed by atoms with van der Waals surface area (Å²) in [6, 6.07) is 13.5. The van der Waals surface area contributed by atoms with Gasteiger partial charge in [0.15, 0.2) is 0 Å². The summed E-state index contributed by atoms with van der Waals surface area (Å²) in [6.45, 7) is 3.07. The largest absolute Gasteiger partial charge is 0.347 e. The summed E-state index contributed by atoms with van der Waals surface area (Å²) in [6.07, 6.45) is 6.48. The maximum absolute atomic E-state index is 13.6. The summed E-state index contributed by atoms with van der Waals surface area (Å²) < 4.78 is 43.4. The lowest BCUT2D eigenvalue weighted by Crippen LogP contribution is -2.34. The first-order chi connectivity index (χ1) is 14.9. The highest BCUT2D eigenvalue weighted by molar-refractivity contribution is 7.89. The number of H-pyrrole nitrogens is 1. The molecule has 6 nitrogen and oxygen atoms in total. The Morgan fingerprint density at radius 1 is 1.16 bits per heavy atom. The number of aromatic nitrogens is 3. The molecule has 0 saturated carbocycles. The lowest BCUT2D eigenvalue weighted by Gasteiger charge is -2.21. The first-order valence-electron chi connectivity index (χ1n) is 10.3. The van der Waals surface area contributed by atoms with Gasteiger partial charge in [-0.15, -0.1) is 0 Å². The summed E-state index contributed by atoms with van der Waals surface area (Å²) in [5.74, 6) is -0.361. The van der Waals surface area contributed by atoms with E-state index in [0.717, 1.165) is 41.1 Å². The van der Waals surface area contributed by atoms with E-state index in [1.165, 1.54) is 22.5 Å². The summed E-state index contributed by atoms with van der Waals surface area (Å²) in [5, 5.41) is 7.98. The van der Waals surface area contributed by atoms with E-state index in [9.17, 15) is 12.8 Å². The third-order valence-corrected chi connectivity index (χ3v) is 8.04. The van der Waals surface area contributed by atoms with Gasteiger partial charge in [0.2, 0.25) is 10.0 Å². The highest BCUT2D eigenvalue weighted by Crippen LogP contribution is 2.32. The van der Waals surface area contributed by atoms with Gasteiger partial charge in [-0.3, -0.25) is 5.10 Å². The van der Waals surface area contributed by atoms with E-state index in [1.54, 1.807) is 6.20 Å². The van der Waals surface area contributed by atoms with Crippen LogP contribution in [0.4, 0.5) is 4.39 Å². The highest BCUT2D eigenvalue weighted by atomic mass is 32.2. The van der Waals surface area contributed by atoms with Gasteiger partial charge in [-0.05, 0) is 61.2 Å². The quantitative estimate of drug-likeness (QED) is 0.506. The normalized spacial score (nSPS) is 19.9. The maximum Gasteiger partial charge on any atom is 0.243 e. The van der Waals surface area contributed by atoms with Crippen LogP contribution >= 0.6 is 0 Å². The summed E-state index contributed by atoms with van der Waals surface area (Å²) >= 11 is 0. The lowest BCUT2D eigenvalue weighted by atomic mass is 10.1. The molecule has 1 N–H and O–H groups in total. The molecule has 2 aromatic carbocycles. The van der Waals surface area contributed by atoms with Gasteiger partial charge in [-0.2, -0.15) is 9.40 Å². The minimum absolute atomic E-state index is 0.0122. The first-order valence-corrected chi connectivity index (χ1v) is 11.7. The average molecular weight is 439 g/mol. The Labute approximate surface area is 180 Å². The van der Waals surface area contributed by atoms with E-state index in [2.05, 4.69) is 45.2 Å². The summed E-state index contributed by atoms with van der Waals surface area (Å²) in [7, 11) is -3.72. The van der Waals surface area contributed by atoms with Crippen LogP contribution in [0.3, 0.4) is 0 Å². The van der Waals surface area contributed by atoms with Crippen molar-refractivity contribution in [1.29, 1.82) is 0 Å². The number of benzene rings is 2. The van der Waals surface area contributed by atoms with Crippen LogP contribution in [-0.4, -0.2) is 40.1 Å². The molecular weight excluding hydrogens is 415 g/mol. The molecule has 0 spiro atoms. The van der Waals surface area contributed by atoms with Gasteiger partial charge in [-0.1, -0.05) is 12.1 Å². The number of rotatable bonds is 5. The first kappa shape index (κ1) is 20.0. The number of fused-ring (bicyclic) bond motifs is 1. The SMILES string of the molecule is C[C@H]1C[C@@H](Cn2ccc3cc(-c4cn[nH]c4)ccc32)CN1S(=O)(=O)c1cccc(F)c1. The topological polar surface area (TPSA) is 71.0 Å². The van der Waals surface area contributed by atoms with Crippen molar-refractivity contribution in [3.8, 4) is 11.1 Å². The van der Waals surface area contributed by atoms with Crippen LogP contribution in [0.1, 0.15) is 13.3 Å². The fourth-order valence-electron chi connectivity index (χ4n) is 4.56. The number of hydrogen-bond acceptors (Lipinski definition) is 3. The van der Waals surface area contributed by atoms with Gasteiger partial charge >= 0.3 is 0 Å². The Bertz CT molecular complexity index is 1330. The molecule has 1 aliphatic rings. The molecule has 2 atom stereocenters. The molecule has 4 aromatic rings. The molecule has 3 heterocycles. The molecule has 8 heteroatoms. The second-order valence-corrected chi connectivity index (χ2v) is 10.1. The van der Waals surface area contributed by atoms with Gasteiger partial charge in [0, 0.05) is 48.0 Å². The second-order valence-electron chi connectivity index (χ2n) is 8.21. The number of nitrogens with zero attached hydrogens (tertiary/aromatic N) is 3. The molecule has 1 fully saturated rings. The molecule has 0 amide bonds. The molecule has 0 aliphatic carbocycles. The molecule has 0 radical (unpaired) electrons. The molecule has 0 unspecified atom stereocenters. The zero-order valence-corrected chi connectivity index (χ0v) is 17.9. The number of halogens is 1. The van der Waals surface area contributed by atoms with Gasteiger partial charge in [-0.25, -0.2) is 12.8 Å². The van der Waals surface area contributed by atoms with E-state index in [0.29, 0.717) is 6.54 Å². The van der Waals surface area contributed by atoms with Crippen LogP contribution in [0, 0.1) is 11.7 Å². The van der Waals surface area contributed by atoms with Gasteiger partial charge < -0.3 is 4.57 Å². The zero-order valence-electron chi connectivity index (χ0n) is 17.1. The van der Waals surface area contributed by atoms with Crippen molar-refractivity contribution in [3.05, 3.63) is 72.9 Å².